The first-order valence-electron chi connectivity index (χ1n) is 9.78. The first-order chi connectivity index (χ1) is 15.0. The van der Waals surface area contributed by atoms with E-state index in [4.69, 9.17) is 0 Å². The summed E-state index contributed by atoms with van der Waals surface area (Å²) in [6.45, 7) is 9.62. The van der Waals surface area contributed by atoms with Gasteiger partial charge in [-0.25, -0.2) is 19.7 Å². The molecule has 9 heteroatoms. The van der Waals surface area contributed by atoms with Gasteiger partial charge in [-0.15, -0.1) is 0 Å². The van der Waals surface area contributed by atoms with Crippen LogP contribution in [-0.2, 0) is 0 Å². The summed E-state index contributed by atoms with van der Waals surface area (Å²) in [5, 5.41) is 15.6. The van der Waals surface area contributed by atoms with Crippen molar-refractivity contribution in [3.63, 3.8) is 0 Å². The lowest BCUT2D eigenvalue weighted by Gasteiger charge is -2.08. The van der Waals surface area contributed by atoms with E-state index in [1.807, 2.05) is 32.1 Å². The van der Waals surface area contributed by atoms with Crippen LogP contribution in [0.4, 0.5) is 9.93 Å². The normalized spacial score (nSPS) is 12.8. The number of carbonyl (C=O) groups excluding carboxylic acids is 1. The Balaban J connectivity index is 2.16. The van der Waals surface area contributed by atoms with Crippen LogP contribution in [0, 0.1) is 0 Å². The second-order valence-corrected chi connectivity index (χ2v) is 7.56. The standard InChI is InChI=1S/C22H24N6O2S/c1-5-8-17(23-6-2)16-9-14(15-11-25-20(13(4)29)26-12-15)10-18-19(16)31-22(27-18)28-21(30)24-7-3/h5-6,8-13,29H,1,7H2,2-4H3,(H2,24,27,28,30)/b17-8-,23-6?/t13-/m1/s1. The number of anilines is 1. The minimum absolute atomic E-state index is 0.307. The highest BCUT2D eigenvalue weighted by Gasteiger charge is 2.16. The molecule has 0 unspecified atom stereocenters. The smallest absolute Gasteiger partial charge is 0.321 e. The number of carbonyl (C=O) groups is 1. The average molecular weight is 437 g/mol. The number of urea groups is 1. The van der Waals surface area contributed by atoms with Gasteiger partial charge in [0, 0.05) is 36.3 Å². The summed E-state index contributed by atoms with van der Waals surface area (Å²) >= 11 is 1.37. The molecule has 3 rings (SSSR count). The van der Waals surface area contributed by atoms with Crippen LogP contribution in [-0.4, -0.2) is 38.8 Å². The van der Waals surface area contributed by atoms with Gasteiger partial charge in [0.15, 0.2) is 11.0 Å². The van der Waals surface area contributed by atoms with Gasteiger partial charge in [-0.2, -0.15) is 0 Å². The number of allylic oxidation sites excluding steroid dienone is 2. The maximum Gasteiger partial charge on any atom is 0.321 e. The number of benzene rings is 1. The fourth-order valence-electron chi connectivity index (χ4n) is 2.90. The zero-order valence-corrected chi connectivity index (χ0v) is 18.4. The van der Waals surface area contributed by atoms with Gasteiger partial charge in [0.05, 0.1) is 15.9 Å². The molecule has 31 heavy (non-hydrogen) atoms. The summed E-state index contributed by atoms with van der Waals surface area (Å²) < 4.78 is 0.885. The molecule has 3 N–H and O–H groups in total. The number of aliphatic imine (C=N–C) groups is 1. The molecular weight excluding hydrogens is 412 g/mol. The second kappa shape index (κ2) is 10.1. The lowest BCUT2D eigenvalue weighted by atomic mass is 10.0. The number of amides is 2. The van der Waals surface area contributed by atoms with E-state index in [9.17, 15) is 9.90 Å². The van der Waals surface area contributed by atoms with E-state index in [2.05, 4.69) is 37.2 Å². The van der Waals surface area contributed by atoms with Crippen molar-refractivity contribution >= 4 is 44.6 Å². The third-order valence-corrected chi connectivity index (χ3v) is 5.27. The number of nitrogens with one attached hydrogen (secondary N) is 2. The highest BCUT2D eigenvalue weighted by Crippen LogP contribution is 2.37. The number of rotatable bonds is 7. The summed E-state index contributed by atoms with van der Waals surface area (Å²) in [7, 11) is 0. The van der Waals surface area contributed by atoms with E-state index in [-0.39, 0.29) is 6.03 Å². The summed E-state index contributed by atoms with van der Waals surface area (Å²) in [6, 6.07) is 3.60. The molecule has 0 saturated heterocycles. The number of hydrogen-bond acceptors (Lipinski definition) is 7. The molecule has 0 aliphatic carbocycles. The Hall–Kier alpha value is -3.43. The van der Waals surface area contributed by atoms with Crippen molar-refractivity contribution in [3.05, 3.63) is 54.6 Å². The third kappa shape index (κ3) is 5.19. The van der Waals surface area contributed by atoms with Crippen LogP contribution in [0.5, 0.6) is 0 Å². The molecule has 1 atom stereocenters. The molecule has 0 aliphatic heterocycles. The van der Waals surface area contributed by atoms with Crippen LogP contribution in [0.25, 0.3) is 27.0 Å². The fourth-order valence-corrected chi connectivity index (χ4v) is 3.86. The van der Waals surface area contributed by atoms with Crippen molar-refractivity contribution in [2.24, 2.45) is 4.99 Å². The molecule has 2 heterocycles. The highest BCUT2D eigenvalue weighted by molar-refractivity contribution is 7.22. The summed E-state index contributed by atoms with van der Waals surface area (Å²) in [4.78, 5) is 29.5. The molecule has 3 aromatic rings. The number of aromatic nitrogens is 3. The molecule has 0 saturated carbocycles. The monoisotopic (exact) mass is 436 g/mol. The van der Waals surface area contributed by atoms with Crippen LogP contribution in [0.3, 0.4) is 0 Å². The van der Waals surface area contributed by atoms with E-state index >= 15 is 0 Å². The van der Waals surface area contributed by atoms with Gasteiger partial charge in [-0.3, -0.25) is 10.3 Å². The van der Waals surface area contributed by atoms with Gasteiger partial charge in [0.2, 0.25) is 0 Å². The number of nitrogens with zero attached hydrogens (tertiary/aromatic N) is 4. The van der Waals surface area contributed by atoms with Gasteiger partial charge < -0.3 is 10.4 Å². The van der Waals surface area contributed by atoms with Crippen molar-refractivity contribution in [1.29, 1.82) is 0 Å². The van der Waals surface area contributed by atoms with E-state index in [1.54, 1.807) is 31.6 Å². The van der Waals surface area contributed by atoms with Crippen molar-refractivity contribution in [1.82, 2.24) is 20.3 Å². The van der Waals surface area contributed by atoms with Gasteiger partial charge in [0.25, 0.3) is 0 Å². The molecule has 8 nitrogen and oxygen atoms in total. The highest BCUT2D eigenvalue weighted by atomic mass is 32.1. The molecule has 0 radical (unpaired) electrons. The van der Waals surface area contributed by atoms with Crippen LogP contribution in [0.1, 0.15) is 38.3 Å². The summed E-state index contributed by atoms with van der Waals surface area (Å²) in [5.74, 6) is 0.356. The average Bonchev–Trinajstić information content (AvgIpc) is 3.15. The van der Waals surface area contributed by atoms with Crippen LogP contribution >= 0.6 is 11.3 Å². The molecular formula is C22H24N6O2S. The van der Waals surface area contributed by atoms with Gasteiger partial charge in [-0.05, 0) is 44.5 Å². The Morgan fingerprint density at radius 2 is 2.06 bits per heavy atom. The summed E-state index contributed by atoms with van der Waals surface area (Å²) in [6.07, 6.45) is 7.80. The van der Waals surface area contributed by atoms with Crippen molar-refractivity contribution < 1.29 is 9.90 Å². The molecule has 160 valence electrons. The van der Waals surface area contributed by atoms with E-state index < -0.39 is 6.10 Å². The van der Waals surface area contributed by atoms with Gasteiger partial charge in [-0.1, -0.05) is 24.0 Å². The zero-order chi connectivity index (χ0) is 22.4. The van der Waals surface area contributed by atoms with Crippen LogP contribution in [0.15, 0.2) is 48.2 Å². The minimum atomic E-state index is -0.741. The molecule has 0 bridgehead atoms. The Morgan fingerprint density at radius 3 is 2.68 bits per heavy atom. The molecule has 0 fully saturated rings. The number of fused-ring (bicyclic) bond motifs is 1. The van der Waals surface area contributed by atoms with Crippen molar-refractivity contribution in [2.75, 3.05) is 11.9 Å². The molecule has 0 spiro atoms. The summed E-state index contributed by atoms with van der Waals surface area (Å²) in [5.41, 5.74) is 3.91. The number of aliphatic hydroxyl groups is 1. The Morgan fingerprint density at radius 1 is 1.32 bits per heavy atom. The lowest BCUT2D eigenvalue weighted by molar-refractivity contribution is 0.189. The van der Waals surface area contributed by atoms with E-state index in [0.717, 1.165) is 27.1 Å². The zero-order valence-electron chi connectivity index (χ0n) is 17.6. The maximum absolute atomic E-state index is 11.9. The van der Waals surface area contributed by atoms with Crippen molar-refractivity contribution in [3.8, 4) is 11.1 Å². The SMILES string of the molecule is C=C/C=C(\N=CC)c1cc(-c2cnc([C@@H](C)O)nc2)cc2nc(NC(=O)NCC)sc12. The van der Waals surface area contributed by atoms with E-state index in [1.165, 1.54) is 11.3 Å². The third-order valence-electron chi connectivity index (χ3n) is 4.25. The Labute approximate surface area is 184 Å². The predicted molar refractivity (Wildman–Crippen MR) is 126 cm³/mol. The van der Waals surface area contributed by atoms with E-state index in [0.29, 0.717) is 23.0 Å². The maximum atomic E-state index is 11.9. The molecule has 1 aromatic carbocycles. The number of hydrogen-bond donors (Lipinski definition) is 3. The number of thiazole rings is 1. The molecule has 0 aliphatic rings. The Kier molecular flexibility index (Phi) is 7.22. The van der Waals surface area contributed by atoms with Crippen LogP contribution < -0.4 is 10.6 Å². The topological polar surface area (TPSA) is 112 Å². The first kappa shape index (κ1) is 22.3. The van der Waals surface area contributed by atoms with Crippen LogP contribution in [0.2, 0.25) is 0 Å². The molecule has 2 amide bonds. The van der Waals surface area contributed by atoms with Gasteiger partial charge >= 0.3 is 6.03 Å². The minimum Gasteiger partial charge on any atom is -0.385 e. The predicted octanol–water partition coefficient (Wildman–Crippen LogP) is 4.57. The van der Waals surface area contributed by atoms with Crippen molar-refractivity contribution in [2.45, 2.75) is 26.9 Å². The fraction of sp³-hybridized carbons (Fsp3) is 0.227. The second-order valence-electron chi connectivity index (χ2n) is 6.56. The number of aliphatic hydroxyl groups excluding tert-OH is 1. The largest absolute Gasteiger partial charge is 0.385 e. The first-order valence-corrected chi connectivity index (χ1v) is 10.6. The Bertz CT molecular complexity index is 1150. The molecule has 2 aromatic heterocycles. The quantitative estimate of drug-likeness (QED) is 0.371. The van der Waals surface area contributed by atoms with Gasteiger partial charge in [0.1, 0.15) is 6.10 Å². The lowest BCUT2D eigenvalue weighted by Crippen LogP contribution is -2.28.